The molecular formula is C21H23ClFNO2S. The molecule has 0 aromatic heterocycles. The van der Waals surface area contributed by atoms with Crippen LogP contribution < -0.4 is 4.74 Å². The zero-order valence-electron chi connectivity index (χ0n) is 15.5. The van der Waals surface area contributed by atoms with E-state index in [0.29, 0.717) is 29.7 Å². The molecule has 144 valence electrons. The molecule has 0 N–H and O–H groups in total. The van der Waals surface area contributed by atoms with E-state index >= 15 is 0 Å². The van der Waals surface area contributed by atoms with Crippen molar-refractivity contribution in [2.45, 2.75) is 26.4 Å². The molecule has 2 atom stereocenters. The number of fused-ring (bicyclic) bond motifs is 1. The highest BCUT2D eigenvalue weighted by Crippen LogP contribution is 2.44. The predicted molar refractivity (Wildman–Crippen MR) is 109 cm³/mol. The van der Waals surface area contributed by atoms with Gasteiger partial charge >= 0.3 is 0 Å². The number of ether oxygens (including phenoxy) is 1. The molecule has 3 rings (SSSR count). The largest absolute Gasteiger partial charge is 0.489 e. The summed E-state index contributed by atoms with van der Waals surface area (Å²) in [5.74, 6) is 1.19. The van der Waals surface area contributed by atoms with Gasteiger partial charge in [-0.2, -0.15) is 0 Å². The van der Waals surface area contributed by atoms with Gasteiger partial charge in [0.05, 0.1) is 17.0 Å². The SMILES string of the molecule is C=CCOc1ccc(Cl)cc1C1c2ccc(F)cc2CN1S(=O)CC(C)C. The minimum atomic E-state index is -1.22. The highest BCUT2D eigenvalue weighted by atomic mass is 35.5. The third-order valence-electron chi connectivity index (χ3n) is 4.37. The molecule has 1 aliphatic rings. The number of nitrogens with zero attached hydrogens (tertiary/aromatic N) is 1. The average Bonchev–Trinajstić information content (AvgIpc) is 2.98. The Morgan fingerprint density at radius 1 is 1.33 bits per heavy atom. The molecule has 0 amide bonds. The fraction of sp³-hybridized carbons (Fsp3) is 0.333. The first kappa shape index (κ1) is 20.1. The summed E-state index contributed by atoms with van der Waals surface area (Å²) in [7, 11) is -1.22. The number of benzene rings is 2. The van der Waals surface area contributed by atoms with Crippen LogP contribution in [0.25, 0.3) is 0 Å². The number of hydrogen-bond acceptors (Lipinski definition) is 2. The van der Waals surface area contributed by atoms with Crippen molar-refractivity contribution in [2.75, 3.05) is 12.4 Å². The second-order valence-corrected chi connectivity index (χ2v) is 8.87. The van der Waals surface area contributed by atoms with Crippen LogP contribution >= 0.6 is 11.6 Å². The van der Waals surface area contributed by atoms with Gasteiger partial charge in [0.2, 0.25) is 0 Å². The molecule has 1 aliphatic heterocycles. The van der Waals surface area contributed by atoms with Crippen LogP contribution in [0, 0.1) is 11.7 Å². The third kappa shape index (κ3) is 4.42. The molecule has 0 saturated carbocycles. The first-order chi connectivity index (χ1) is 12.9. The van der Waals surface area contributed by atoms with E-state index in [-0.39, 0.29) is 17.8 Å². The molecule has 2 aromatic carbocycles. The van der Waals surface area contributed by atoms with Crippen LogP contribution in [0.15, 0.2) is 49.1 Å². The van der Waals surface area contributed by atoms with Crippen LogP contribution in [0.1, 0.15) is 36.6 Å². The van der Waals surface area contributed by atoms with Gasteiger partial charge in [-0.3, -0.25) is 0 Å². The smallest absolute Gasteiger partial charge is 0.125 e. The van der Waals surface area contributed by atoms with Crippen molar-refractivity contribution in [3.63, 3.8) is 0 Å². The lowest BCUT2D eigenvalue weighted by Gasteiger charge is -2.26. The molecule has 0 bridgehead atoms. The maximum Gasteiger partial charge on any atom is 0.125 e. The standard InChI is InChI=1S/C21H23ClFNO2S/c1-4-9-26-20-8-5-16(22)11-19(20)21-18-7-6-17(23)10-15(18)12-24(21)27(25)13-14(2)3/h4-8,10-11,14,21H,1,9,12-13H2,2-3H3. The number of rotatable bonds is 7. The summed E-state index contributed by atoms with van der Waals surface area (Å²) < 4.78 is 34.6. The Morgan fingerprint density at radius 2 is 2.11 bits per heavy atom. The highest BCUT2D eigenvalue weighted by molar-refractivity contribution is 7.82. The summed E-state index contributed by atoms with van der Waals surface area (Å²) in [6, 6.07) is 9.83. The molecule has 0 fully saturated rings. The van der Waals surface area contributed by atoms with E-state index in [9.17, 15) is 8.60 Å². The van der Waals surface area contributed by atoms with Gasteiger partial charge in [-0.25, -0.2) is 12.9 Å². The van der Waals surface area contributed by atoms with Crippen LogP contribution in [0.5, 0.6) is 5.75 Å². The Bertz CT molecular complexity index is 871. The van der Waals surface area contributed by atoms with Gasteiger partial charge in [0, 0.05) is 22.9 Å². The van der Waals surface area contributed by atoms with Crippen molar-refractivity contribution in [2.24, 2.45) is 5.92 Å². The minimum absolute atomic E-state index is 0.280. The van der Waals surface area contributed by atoms with Crippen molar-refractivity contribution in [3.8, 4) is 5.75 Å². The summed E-state index contributed by atoms with van der Waals surface area (Å²) in [6.07, 6.45) is 1.67. The molecule has 27 heavy (non-hydrogen) atoms. The van der Waals surface area contributed by atoms with Gasteiger partial charge in [-0.15, -0.1) is 0 Å². The molecule has 6 heteroatoms. The molecule has 2 unspecified atom stereocenters. The molecule has 0 aliphatic carbocycles. The molecule has 0 radical (unpaired) electrons. The molecule has 2 aromatic rings. The van der Waals surface area contributed by atoms with Crippen LogP contribution in [0.3, 0.4) is 0 Å². The lowest BCUT2D eigenvalue weighted by atomic mass is 9.97. The van der Waals surface area contributed by atoms with E-state index in [2.05, 4.69) is 6.58 Å². The van der Waals surface area contributed by atoms with E-state index in [0.717, 1.165) is 16.7 Å². The van der Waals surface area contributed by atoms with Crippen LogP contribution in [0.2, 0.25) is 5.02 Å². The fourth-order valence-electron chi connectivity index (χ4n) is 3.30. The maximum absolute atomic E-state index is 13.8. The third-order valence-corrected chi connectivity index (χ3v) is 6.42. The van der Waals surface area contributed by atoms with Gasteiger partial charge in [0.1, 0.15) is 18.2 Å². The van der Waals surface area contributed by atoms with Crippen LogP contribution in [-0.4, -0.2) is 20.9 Å². The summed E-state index contributed by atoms with van der Waals surface area (Å²) in [4.78, 5) is 0. The molecule has 0 saturated heterocycles. The van der Waals surface area contributed by atoms with Crippen molar-refractivity contribution in [3.05, 3.63) is 76.6 Å². The predicted octanol–water partition coefficient (Wildman–Crippen LogP) is 5.27. The first-order valence-electron chi connectivity index (χ1n) is 8.87. The topological polar surface area (TPSA) is 29.5 Å². The second kappa shape index (κ2) is 8.55. The van der Waals surface area contributed by atoms with Crippen LogP contribution in [-0.2, 0) is 17.5 Å². The molecular weight excluding hydrogens is 385 g/mol. The van der Waals surface area contributed by atoms with Crippen molar-refractivity contribution in [1.29, 1.82) is 0 Å². The summed E-state index contributed by atoms with van der Waals surface area (Å²) in [5.41, 5.74) is 2.60. The van der Waals surface area contributed by atoms with Crippen molar-refractivity contribution >= 4 is 22.6 Å². The second-order valence-electron chi connectivity index (χ2n) is 6.98. The normalized spacial score (nSPS) is 17.7. The Balaban J connectivity index is 2.10. The number of hydrogen-bond donors (Lipinski definition) is 0. The van der Waals surface area contributed by atoms with Crippen molar-refractivity contribution < 1.29 is 13.3 Å². The highest BCUT2D eigenvalue weighted by Gasteiger charge is 2.37. The Kier molecular flexibility index (Phi) is 6.35. The van der Waals surface area contributed by atoms with Gasteiger partial charge < -0.3 is 4.74 Å². The fourth-order valence-corrected chi connectivity index (χ4v) is 4.99. The maximum atomic E-state index is 13.8. The van der Waals surface area contributed by atoms with E-state index in [1.165, 1.54) is 12.1 Å². The first-order valence-corrected chi connectivity index (χ1v) is 10.5. The average molecular weight is 408 g/mol. The quantitative estimate of drug-likeness (QED) is 0.585. The van der Waals surface area contributed by atoms with Gasteiger partial charge in [-0.1, -0.05) is 44.2 Å². The lowest BCUT2D eigenvalue weighted by Crippen LogP contribution is -2.29. The van der Waals surface area contributed by atoms with E-state index in [4.69, 9.17) is 16.3 Å². The van der Waals surface area contributed by atoms with E-state index in [1.54, 1.807) is 18.2 Å². The minimum Gasteiger partial charge on any atom is -0.489 e. The van der Waals surface area contributed by atoms with Gasteiger partial charge in [-0.05, 0) is 47.4 Å². The zero-order chi connectivity index (χ0) is 19.6. The van der Waals surface area contributed by atoms with Gasteiger partial charge in [0.25, 0.3) is 0 Å². The van der Waals surface area contributed by atoms with Gasteiger partial charge in [0.15, 0.2) is 0 Å². The Hall–Kier alpha value is -1.69. The summed E-state index contributed by atoms with van der Waals surface area (Å²) in [6.45, 7) is 8.54. The Labute approximate surface area is 167 Å². The summed E-state index contributed by atoms with van der Waals surface area (Å²) in [5, 5.41) is 0.570. The Morgan fingerprint density at radius 3 is 2.81 bits per heavy atom. The summed E-state index contributed by atoms with van der Waals surface area (Å²) >= 11 is 6.26. The molecule has 1 heterocycles. The molecule has 0 spiro atoms. The van der Waals surface area contributed by atoms with Crippen molar-refractivity contribution in [1.82, 2.24) is 4.31 Å². The lowest BCUT2D eigenvalue weighted by molar-refractivity contribution is 0.344. The van der Waals surface area contributed by atoms with E-state index < -0.39 is 11.0 Å². The van der Waals surface area contributed by atoms with Crippen LogP contribution in [0.4, 0.5) is 4.39 Å². The monoisotopic (exact) mass is 407 g/mol. The van der Waals surface area contributed by atoms with E-state index in [1.807, 2.05) is 30.3 Å². The molecule has 3 nitrogen and oxygen atoms in total. The number of halogens is 2. The zero-order valence-corrected chi connectivity index (χ0v) is 17.0.